The van der Waals surface area contributed by atoms with Crippen LogP contribution in [-0.2, 0) is 0 Å². The lowest BCUT2D eigenvalue weighted by Gasteiger charge is -2.02. The molecular formula is C14H18FNO2. The molecule has 0 atom stereocenters. The first kappa shape index (κ1) is 14.2. The van der Waals surface area contributed by atoms with Crippen LogP contribution >= 0.6 is 0 Å². The van der Waals surface area contributed by atoms with Crippen LogP contribution in [0.5, 0.6) is 5.75 Å². The Labute approximate surface area is 106 Å². The van der Waals surface area contributed by atoms with Crippen molar-refractivity contribution in [2.45, 2.75) is 27.7 Å². The zero-order valence-corrected chi connectivity index (χ0v) is 11.4. The average Bonchev–Trinajstić information content (AvgIpc) is 2.64. The van der Waals surface area contributed by atoms with Gasteiger partial charge in [-0.15, -0.1) is 0 Å². The number of nitrogens with zero attached hydrogens (tertiary/aromatic N) is 1. The van der Waals surface area contributed by atoms with E-state index in [4.69, 9.17) is 4.74 Å². The number of fused-ring (bicyclic) bond motifs is 1. The van der Waals surface area contributed by atoms with Crippen LogP contribution in [0.1, 0.15) is 31.3 Å². The third-order valence-electron chi connectivity index (χ3n) is 2.65. The topological polar surface area (TPSA) is 31.2 Å². The summed E-state index contributed by atoms with van der Waals surface area (Å²) in [5.74, 6) is 0.00719. The van der Waals surface area contributed by atoms with Crippen molar-refractivity contribution in [3.8, 4) is 5.75 Å². The van der Waals surface area contributed by atoms with Crippen LogP contribution in [0.3, 0.4) is 0 Å². The van der Waals surface area contributed by atoms with Crippen LogP contribution in [0.15, 0.2) is 18.2 Å². The third-order valence-corrected chi connectivity index (χ3v) is 2.65. The molecule has 0 N–H and O–H groups in total. The van der Waals surface area contributed by atoms with Crippen LogP contribution in [0, 0.1) is 12.7 Å². The number of aromatic nitrogens is 1. The Hall–Kier alpha value is -1.84. The lowest BCUT2D eigenvalue weighted by molar-refractivity contribution is 0.0939. The van der Waals surface area contributed by atoms with Gasteiger partial charge in [-0.2, -0.15) is 0 Å². The maximum Gasteiger partial charge on any atom is 0.228 e. The van der Waals surface area contributed by atoms with Gasteiger partial charge in [-0.1, -0.05) is 13.8 Å². The summed E-state index contributed by atoms with van der Waals surface area (Å²) in [4.78, 5) is 11.4. The zero-order chi connectivity index (χ0) is 13.9. The van der Waals surface area contributed by atoms with Crippen molar-refractivity contribution >= 4 is 16.8 Å². The summed E-state index contributed by atoms with van der Waals surface area (Å²) >= 11 is 0. The number of carbonyl (C=O) groups is 1. The van der Waals surface area contributed by atoms with Gasteiger partial charge in [-0.3, -0.25) is 9.36 Å². The van der Waals surface area contributed by atoms with E-state index in [2.05, 4.69) is 0 Å². The minimum Gasteiger partial charge on any atom is -0.497 e. The number of hydrogen-bond donors (Lipinski definition) is 0. The molecule has 2 aromatic rings. The van der Waals surface area contributed by atoms with Crippen molar-refractivity contribution in [1.82, 2.24) is 4.57 Å². The molecule has 1 aromatic carbocycles. The highest BCUT2D eigenvalue weighted by molar-refractivity contribution is 5.93. The Morgan fingerprint density at radius 2 is 1.94 bits per heavy atom. The SMILES string of the molecule is CC.COc1ccc2c(c1)c(F)c(C)n2C(C)=O. The highest BCUT2D eigenvalue weighted by Gasteiger charge is 2.16. The summed E-state index contributed by atoms with van der Waals surface area (Å²) in [5, 5.41) is 0.409. The minimum atomic E-state index is -0.371. The van der Waals surface area contributed by atoms with Crippen molar-refractivity contribution in [1.29, 1.82) is 0 Å². The second-order valence-electron chi connectivity index (χ2n) is 3.64. The van der Waals surface area contributed by atoms with Gasteiger partial charge in [-0.25, -0.2) is 4.39 Å². The predicted molar refractivity (Wildman–Crippen MR) is 70.8 cm³/mol. The van der Waals surface area contributed by atoms with Gasteiger partial charge in [0.05, 0.1) is 18.3 Å². The van der Waals surface area contributed by atoms with Crippen molar-refractivity contribution in [2.75, 3.05) is 7.11 Å². The number of carbonyl (C=O) groups excluding carboxylic acids is 1. The Balaban J connectivity index is 0.000000771. The Morgan fingerprint density at radius 3 is 2.44 bits per heavy atom. The maximum absolute atomic E-state index is 13.9. The first-order chi connectivity index (χ1) is 8.56. The van der Waals surface area contributed by atoms with Gasteiger partial charge in [0.15, 0.2) is 5.82 Å². The third kappa shape index (κ3) is 2.23. The second kappa shape index (κ2) is 5.67. The van der Waals surface area contributed by atoms with E-state index in [-0.39, 0.29) is 11.7 Å². The van der Waals surface area contributed by atoms with Crippen LogP contribution < -0.4 is 4.74 Å². The van der Waals surface area contributed by atoms with Gasteiger partial charge in [0.1, 0.15) is 5.75 Å². The van der Waals surface area contributed by atoms with Crippen molar-refractivity contribution in [3.05, 3.63) is 29.7 Å². The quantitative estimate of drug-likeness (QED) is 0.772. The van der Waals surface area contributed by atoms with E-state index in [0.29, 0.717) is 22.3 Å². The number of ether oxygens (including phenoxy) is 1. The molecule has 18 heavy (non-hydrogen) atoms. The smallest absolute Gasteiger partial charge is 0.228 e. The summed E-state index contributed by atoms with van der Waals surface area (Å²) in [6.45, 7) is 7.00. The van der Waals surface area contributed by atoms with Gasteiger partial charge >= 0.3 is 0 Å². The van der Waals surface area contributed by atoms with E-state index in [0.717, 1.165) is 0 Å². The zero-order valence-electron chi connectivity index (χ0n) is 11.4. The van der Waals surface area contributed by atoms with Gasteiger partial charge < -0.3 is 4.74 Å². The molecule has 1 heterocycles. The molecule has 0 aliphatic carbocycles. The monoisotopic (exact) mass is 251 g/mol. The van der Waals surface area contributed by atoms with Crippen molar-refractivity contribution < 1.29 is 13.9 Å². The van der Waals surface area contributed by atoms with Crippen LogP contribution in [-0.4, -0.2) is 17.6 Å². The molecule has 0 aliphatic heterocycles. The highest BCUT2D eigenvalue weighted by Crippen LogP contribution is 2.27. The minimum absolute atomic E-state index is 0.198. The predicted octanol–water partition coefficient (Wildman–Crippen LogP) is 3.78. The fraction of sp³-hybridized carbons (Fsp3) is 0.357. The molecule has 98 valence electrons. The largest absolute Gasteiger partial charge is 0.497 e. The van der Waals surface area contributed by atoms with E-state index in [9.17, 15) is 9.18 Å². The van der Waals surface area contributed by atoms with Crippen LogP contribution in [0.4, 0.5) is 4.39 Å². The lowest BCUT2D eigenvalue weighted by Crippen LogP contribution is -2.07. The summed E-state index contributed by atoms with van der Waals surface area (Å²) in [7, 11) is 1.52. The molecule has 0 unspecified atom stereocenters. The molecule has 0 fully saturated rings. The molecule has 0 spiro atoms. The van der Waals surface area contributed by atoms with Gasteiger partial charge in [0.2, 0.25) is 5.91 Å². The molecule has 0 bridgehead atoms. The number of halogens is 1. The normalized spacial score (nSPS) is 9.89. The van der Waals surface area contributed by atoms with E-state index >= 15 is 0 Å². The van der Waals surface area contributed by atoms with Crippen LogP contribution in [0.2, 0.25) is 0 Å². The Bertz CT molecular complexity index is 573. The first-order valence-corrected chi connectivity index (χ1v) is 5.91. The number of methoxy groups -OCH3 is 1. The second-order valence-corrected chi connectivity index (χ2v) is 3.64. The van der Waals surface area contributed by atoms with Crippen molar-refractivity contribution in [3.63, 3.8) is 0 Å². The number of benzene rings is 1. The van der Waals surface area contributed by atoms with E-state index in [1.165, 1.54) is 18.6 Å². The molecule has 1 aromatic heterocycles. The molecule has 0 aliphatic rings. The molecular weight excluding hydrogens is 233 g/mol. The highest BCUT2D eigenvalue weighted by atomic mass is 19.1. The molecule has 0 saturated carbocycles. The van der Waals surface area contributed by atoms with E-state index in [1.807, 2.05) is 13.8 Å². The molecule has 0 amide bonds. The fourth-order valence-electron chi connectivity index (χ4n) is 1.89. The standard InChI is InChI=1S/C12H12FNO2.C2H6/c1-7-12(13)10-6-9(16-3)4-5-11(10)14(7)8(2)15;1-2/h4-6H,1-3H3;1-2H3. The van der Waals surface area contributed by atoms with Gasteiger partial charge in [-0.05, 0) is 25.1 Å². The molecule has 0 saturated heterocycles. The van der Waals surface area contributed by atoms with E-state index in [1.54, 1.807) is 25.1 Å². The van der Waals surface area contributed by atoms with Gasteiger partial charge in [0, 0.05) is 12.3 Å². The molecule has 3 nitrogen and oxygen atoms in total. The van der Waals surface area contributed by atoms with Crippen LogP contribution in [0.25, 0.3) is 10.9 Å². The summed E-state index contributed by atoms with van der Waals surface area (Å²) in [5.41, 5.74) is 0.902. The fourth-order valence-corrected chi connectivity index (χ4v) is 1.89. The summed E-state index contributed by atoms with van der Waals surface area (Å²) in [6, 6.07) is 4.99. The van der Waals surface area contributed by atoms with Gasteiger partial charge in [0.25, 0.3) is 0 Å². The Morgan fingerprint density at radius 1 is 1.33 bits per heavy atom. The number of rotatable bonds is 1. The average molecular weight is 251 g/mol. The summed E-state index contributed by atoms with van der Waals surface area (Å²) in [6.07, 6.45) is 0. The Kier molecular flexibility index (Phi) is 4.48. The first-order valence-electron chi connectivity index (χ1n) is 5.91. The molecule has 2 rings (SSSR count). The van der Waals surface area contributed by atoms with Crippen molar-refractivity contribution in [2.24, 2.45) is 0 Å². The maximum atomic E-state index is 13.9. The summed E-state index contributed by atoms with van der Waals surface area (Å²) < 4.78 is 20.3. The molecule has 0 radical (unpaired) electrons. The number of hydrogen-bond acceptors (Lipinski definition) is 2. The van der Waals surface area contributed by atoms with E-state index < -0.39 is 0 Å². The lowest BCUT2D eigenvalue weighted by atomic mass is 10.2. The molecule has 4 heteroatoms.